The molecular formula is C15H22BrNO2. The van der Waals surface area contributed by atoms with Crippen molar-refractivity contribution in [2.75, 3.05) is 11.9 Å². The number of amides is 1. The number of phenolic OH excluding ortho intramolecular Hbond substituents is 1. The lowest BCUT2D eigenvalue weighted by Crippen LogP contribution is -2.34. The monoisotopic (exact) mass is 327 g/mol. The Labute approximate surface area is 123 Å². The SMILES string of the molecule is Cc1cc(C(=O)NCC(C)(C)CCCBr)ccc1O. The zero-order chi connectivity index (χ0) is 14.5. The first-order valence-electron chi connectivity index (χ1n) is 6.49. The zero-order valence-corrected chi connectivity index (χ0v) is 13.4. The predicted molar refractivity (Wildman–Crippen MR) is 82.0 cm³/mol. The number of carbonyl (C=O) groups excluding carboxylic acids is 1. The van der Waals surface area contributed by atoms with Crippen molar-refractivity contribution < 1.29 is 9.90 Å². The molecule has 1 aromatic rings. The van der Waals surface area contributed by atoms with Crippen LogP contribution in [0.25, 0.3) is 0 Å². The molecular weight excluding hydrogens is 306 g/mol. The molecule has 3 nitrogen and oxygen atoms in total. The van der Waals surface area contributed by atoms with Gasteiger partial charge in [-0.05, 0) is 48.9 Å². The van der Waals surface area contributed by atoms with E-state index in [1.165, 1.54) is 0 Å². The molecule has 0 aromatic heterocycles. The average molecular weight is 328 g/mol. The van der Waals surface area contributed by atoms with Crippen LogP contribution in [0.4, 0.5) is 0 Å². The van der Waals surface area contributed by atoms with E-state index in [2.05, 4.69) is 35.1 Å². The number of nitrogens with one attached hydrogen (secondary N) is 1. The molecule has 0 spiro atoms. The van der Waals surface area contributed by atoms with Crippen LogP contribution < -0.4 is 5.32 Å². The highest BCUT2D eigenvalue weighted by Gasteiger charge is 2.18. The van der Waals surface area contributed by atoms with Crippen LogP contribution >= 0.6 is 15.9 Å². The Morgan fingerprint density at radius 2 is 2.11 bits per heavy atom. The Hall–Kier alpha value is -1.03. The highest BCUT2D eigenvalue weighted by molar-refractivity contribution is 9.09. The predicted octanol–water partition coefficient (Wildman–Crippen LogP) is 3.63. The number of rotatable bonds is 6. The van der Waals surface area contributed by atoms with E-state index in [9.17, 15) is 9.90 Å². The molecule has 0 aliphatic carbocycles. The van der Waals surface area contributed by atoms with E-state index in [0.29, 0.717) is 17.7 Å². The van der Waals surface area contributed by atoms with Gasteiger partial charge in [0.1, 0.15) is 5.75 Å². The van der Waals surface area contributed by atoms with Crippen molar-refractivity contribution in [3.05, 3.63) is 29.3 Å². The summed E-state index contributed by atoms with van der Waals surface area (Å²) in [7, 11) is 0. The molecule has 0 aliphatic rings. The number of benzene rings is 1. The summed E-state index contributed by atoms with van der Waals surface area (Å²) >= 11 is 3.42. The maximum Gasteiger partial charge on any atom is 0.251 e. The molecule has 1 amide bonds. The van der Waals surface area contributed by atoms with E-state index in [1.54, 1.807) is 25.1 Å². The van der Waals surface area contributed by atoms with Gasteiger partial charge < -0.3 is 10.4 Å². The maximum atomic E-state index is 12.0. The van der Waals surface area contributed by atoms with Crippen LogP contribution in [0.2, 0.25) is 0 Å². The molecule has 106 valence electrons. The topological polar surface area (TPSA) is 49.3 Å². The summed E-state index contributed by atoms with van der Waals surface area (Å²) in [6.07, 6.45) is 2.16. The minimum absolute atomic E-state index is 0.0879. The van der Waals surface area contributed by atoms with Gasteiger partial charge in [0.2, 0.25) is 0 Å². The minimum atomic E-state index is -0.0879. The summed E-state index contributed by atoms with van der Waals surface area (Å²) in [5.74, 6) is 0.129. The standard InChI is InChI=1S/C15H22BrNO2/c1-11-9-12(5-6-13(11)18)14(19)17-10-15(2,3)7-4-8-16/h5-6,9,18H,4,7-8,10H2,1-3H3,(H,17,19). The molecule has 1 rings (SSSR count). The molecule has 0 saturated heterocycles. The molecule has 0 atom stereocenters. The smallest absolute Gasteiger partial charge is 0.251 e. The molecule has 0 radical (unpaired) electrons. The summed E-state index contributed by atoms with van der Waals surface area (Å²) in [6, 6.07) is 4.90. The molecule has 0 saturated carbocycles. The van der Waals surface area contributed by atoms with Gasteiger partial charge in [-0.1, -0.05) is 29.8 Å². The lowest BCUT2D eigenvalue weighted by molar-refractivity contribution is 0.0934. The summed E-state index contributed by atoms with van der Waals surface area (Å²) in [4.78, 5) is 12.0. The van der Waals surface area contributed by atoms with Gasteiger partial charge >= 0.3 is 0 Å². The second-order valence-corrected chi connectivity index (χ2v) is 6.43. The highest BCUT2D eigenvalue weighted by atomic mass is 79.9. The average Bonchev–Trinajstić information content (AvgIpc) is 2.37. The number of hydrogen-bond donors (Lipinski definition) is 2. The molecule has 2 N–H and O–H groups in total. The number of hydrogen-bond acceptors (Lipinski definition) is 2. The Morgan fingerprint density at radius 1 is 1.42 bits per heavy atom. The Kier molecular flexibility index (Phi) is 5.85. The van der Waals surface area contributed by atoms with Gasteiger partial charge in [-0.2, -0.15) is 0 Å². The fourth-order valence-electron chi connectivity index (χ4n) is 1.85. The van der Waals surface area contributed by atoms with Crippen LogP contribution in [-0.2, 0) is 0 Å². The first-order valence-corrected chi connectivity index (χ1v) is 7.62. The van der Waals surface area contributed by atoms with Crippen LogP contribution in [-0.4, -0.2) is 22.9 Å². The third-order valence-electron chi connectivity index (χ3n) is 3.17. The molecule has 0 unspecified atom stereocenters. The van der Waals surface area contributed by atoms with Crippen LogP contribution in [0.15, 0.2) is 18.2 Å². The van der Waals surface area contributed by atoms with Gasteiger partial charge in [0.15, 0.2) is 0 Å². The Balaban J connectivity index is 2.57. The van der Waals surface area contributed by atoms with E-state index in [0.717, 1.165) is 18.2 Å². The van der Waals surface area contributed by atoms with E-state index >= 15 is 0 Å². The number of aryl methyl sites for hydroxylation is 1. The van der Waals surface area contributed by atoms with Gasteiger partial charge in [-0.15, -0.1) is 0 Å². The Bertz CT molecular complexity index is 444. The third kappa shape index (κ3) is 5.23. The van der Waals surface area contributed by atoms with Gasteiger partial charge in [0.05, 0.1) is 0 Å². The second kappa shape index (κ2) is 6.94. The number of carbonyl (C=O) groups is 1. The lowest BCUT2D eigenvalue weighted by atomic mass is 9.88. The van der Waals surface area contributed by atoms with Crippen molar-refractivity contribution in [1.29, 1.82) is 0 Å². The molecule has 0 aliphatic heterocycles. The summed E-state index contributed by atoms with van der Waals surface area (Å²) in [6.45, 7) is 6.74. The highest BCUT2D eigenvalue weighted by Crippen LogP contribution is 2.22. The molecule has 0 heterocycles. The van der Waals surface area contributed by atoms with Crippen LogP contribution in [0.5, 0.6) is 5.75 Å². The van der Waals surface area contributed by atoms with Crippen molar-refractivity contribution >= 4 is 21.8 Å². The van der Waals surface area contributed by atoms with E-state index in [1.807, 2.05) is 0 Å². The Morgan fingerprint density at radius 3 is 2.68 bits per heavy atom. The van der Waals surface area contributed by atoms with Crippen molar-refractivity contribution in [3.63, 3.8) is 0 Å². The van der Waals surface area contributed by atoms with Gasteiger partial charge in [0.25, 0.3) is 5.91 Å². The normalized spacial score (nSPS) is 11.4. The van der Waals surface area contributed by atoms with E-state index in [-0.39, 0.29) is 17.1 Å². The largest absolute Gasteiger partial charge is 0.508 e. The summed E-state index contributed by atoms with van der Waals surface area (Å²) < 4.78 is 0. The lowest BCUT2D eigenvalue weighted by Gasteiger charge is -2.24. The zero-order valence-electron chi connectivity index (χ0n) is 11.8. The third-order valence-corrected chi connectivity index (χ3v) is 3.73. The van der Waals surface area contributed by atoms with Crippen LogP contribution in [0, 0.1) is 12.3 Å². The minimum Gasteiger partial charge on any atom is -0.508 e. The fraction of sp³-hybridized carbons (Fsp3) is 0.533. The van der Waals surface area contributed by atoms with Gasteiger partial charge in [-0.3, -0.25) is 4.79 Å². The number of phenols is 1. The van der Waals surface area contributed by atoms with Crippen molar-refractivity contribution in [2.45, 2.75) is 33.6 Å². The first kappa shape index (κ1) is 16.0. The second-order valence-electron chi connectivity index (χ2n) is 5.64. The molecule has 0 bridgehead atoms. The number of aromatic hydroxyl groups is 1. The van der Waals surface area contributed by atoms with E-state index in [4.69, 9.17) is 0 Å². The molecule has 0 fully saturated rings. The first-order chi connectivity index (χ1) is 8.85. The molecule has 4 heteroatoms. The van der Waals surface area contributed by atoms with E-state index < -0.39 is 0 Å². The molecule has 1 aromatic carbocycles. The number of halogens is 1. The maximum absolute atomic E-state index is 12.0. The molecule has 19 heavy (non-hydrogen) atoms. The van der Waals surface area contributed by atoms with Gasteiger partial charge in [-0.25, -0.2) is 0 Å². The van der Waals surface area contributed by atoms with Crippen molar-refractivity contribution in [2.24, 2.45) is 5.41 Å². The summed E-state index contributed by atoms with van der Waals surface area (Å²) in [5, 5.41) is 13.4. The van der Waals surface area contributed by atoms with Crippen molar-refractivity contribution in [1.82, 2.24) is 5.32 Å². The number of alkyl halides is 1. The van der Waals surface area contributed by atoms with Crippen LogP contribution in [0.3, 0.4) is 0 Å². The quantitative estimate of drug-likeness (QED) is 0.784. The van der Waals surface area contributed by atoms with Crippen LogP contribution in [0.1, 0.15) is 42.6 Å². The van der Waals surface area contributed by atoms with Crippen molar-refractivity contribution in [3.8, 4) is 5.75 Å². The van der Waals surface area contributed by atoms with Gasteiger partial charge in [0, 0.05) is 17.4 Å². The fourth-order valence-corrected chi connectivity index (χ4v) is 2.13. The summed E-state index contributed by atoms with van der Waals surface area (Å²) in [5.41, 5.74) is 1.40.